The molecule has 1 unspecified atom stereocenters. The number of alkyl halides is 3. The van der Waals surface area contributed by atoms with Gasteiger partial charge in [-0.25, -0.2) is 4.98 Å². The zero-order chi connectivity index (χ0) is 17.0. The third kappa shape index (κ3) is 4.70. The second-order valence-electron chi connectivity index (χ2n) is 5.10. The first-order valence-corrected chi connectivity index (χ1v) is 6.82. The first-order valence-electron chi connectivity index (χ1n) is 6.82. The topological polar surface area (TPSA) is 58.7 Å². The Balaban J connectivity index is 1.98. The molecule has 5 nitrogen and oxygen atoms in total. The Hall–Kier alpha value is -2.06. The van der Waals surface area contributed by atoms with Gasteiger partial charge in [0.05, 0.1) is 19.9 Å². The number of methoxy groups -OCH3 is 1. The van der Waals surface area contributed by atoms with Crippen LogP contribution in [0.2, 0.25) is 0 Å². The molecule has 2 rings (SSSR count). The van der Waals surface area contributed by atoms with Crippen LogP contribution in [-0.2, 0) is 6.54 Å². The first kappa shape index (κ1) is 17.3. The minimum atomic E-state index is -4.64. The van der Waals surface area contributed by atoms with Crippen molar-refractivity contribution in [2.24, 2.45) is 0 Å². The molecule has 0 saturated carbocycles. The molecular formula is C15H17F3N2O3. The number of halogens is 3. The molecule has 1 heterocycles. The van der Waals surface area contributed by atoms with Gasteiger partial charge in [0.1, 0.15) is 5.75 Å². The molecule has 0 saturated heterocycles. The molecule has 0 aliphatic carbocycles. The average Bonchev–Trinajstić information content (AvgIpc) is 2.94. The SMILES string of the molecule is COc1ccc(-c2cnc(CN(C)CC(O)C(F)(F)F)o2)cc1. The van der Waals surface area contributed by atoms with Crippen LogP contribution in [0.15, 0.2) is 34.9 Å². The van der Waals surface area contributed by atoms with Gasteiger partial charge in [0.15, 0.2) is 11.9 Å². The number of oxazole rings is 1. The van der Waals surface area contributed by atoms with Gasteiger partial charge in [-0.2, -0.15) is 13.2 Å². The van der Waals surface area contributed by atoms with Gasteiger partial charge in [0.2, 0.25) is 5.89 Å². The van der Waals surface area contributed by atoms with Crippen LogP contribution in [0, 0.1) is 0 Å². The van der Waals surface area contributed by atoms with Gasteiger partial charge in [-0.3, -0.25) is 4.90 Å². The van der Waals surface area contributed by atoms with Crippen molar-refractivity contribution in [1.82, 2.24) is 9.88 Å². The molecule has 0 fully saturated rings. The van der Waals surface area contributed by atoms with E-state index in [9.17, 15) is 13.2 Å². The van der Waals surface area contributed by atoms with Crippen molar-refractivity contribution in [3.05, 3.63) is 36.4 Å². The fourth-order valence-electron chi connectivity index (χ4n) is 1.97. The quantitative estimate of drug-likeness (QED) is 0.882. The van der Waals surface area contributed by atoms with Crippen molar-refractivity contribution in [2.45, 2.75) is 18.8 Å². The number of aliphatic hydroxyl groups excluding tert-OH is 1. The first-order chi connectivity index (χ1) is 10.8. The van der Waals surface area contributed by atoms with Crippen LogP contribution in [0.5, 0.6) is 5.75 Å². The van der Waals surface area contributed by atoms with Crippen molar-refractivity contribution in [1.29, 1.82) is 0 Å². The van der Waals surface area contributed by atoms with Crippen LogP contribution in [-0.4, -0.2) is 48.0 Å². The van der Waals surface area contributed by atoms with Crippen LogP contribution >= 0.6 is 0 Å². The van der Waals surface area contributed by atoms with Gasteiger partial charge < -0.3 is 14.3 Å². The smallest absolute Gasteiger partial charge is 0.415 e. The number of aliphatic hydroxyl groups is 1. The molecule has 0 radical (unpaired) electrons. The number of benzene rings is 1. The zero-order valence-corrected chi connectivity index (χ0v) is 12.7. The maximum absolute atomic E-state index is 12.3. The predicted octanol–water partition coefficient (Wildman–Crippen LogP) is 2.71. The van der Waals surface area contributed by atoms with E-state index >= 15 is 0 Å². The summed E-state index contributed by atoms with van der Waals surface area (Å²) in [6.07, 6.45) is -5.53. The summed E-state index contributed by atoms with van der Waals surface area (Å²) >= 11 is 0. The standard InChI is InChI=1S/C15H17F3N2O3/c1-20(8-13(21)15(16,17)18)9-14-19-7-12(23-14)10-3-5-11(22-2)6-4-10/h3-7,13,21H,8-9H2,1-2H3. The number of ether oxygens (including phenoxy) is 1. The predicted molar refractivity (Wildman–Crippen MR) is 76.9 cm³/mol. The highest BCUT2D eigenvalue weighted by Crippen LogP contribution is 2.24. The number of hydrogen-bond acceptors (Lipinski definition) is 5. The minimum absolute atomic E-state index is 0.0588. The van der Waals surface area contributed by atoms with Crippen molar-refractivity contribution in [2.75, 3.05) is 20.7 Å². The fourth-order valence-corrected chi connectivity index (χ4v) is 1.97. The molecule has 1 aromatic carbocycles. The summed E-state index contributed by atoms with van der Waals surface area (Å²) in [5.41, 5.74) is 0.780. The molecule has 23 heavy (non-hydrogen) atoms. The van der Waals surface area contributed by atoms with E-state index in [-0.39, 0.29) is 12.4 Å². The van der Waals surface area contributed by atoms with Gasteiger partial charge >= 0.3 is 6.18 Å². The summed E-state index contributed by atoms with van der Waals surface area (Å²) in [4.78, 5) is 5.34. The average molecular weight is 330 g/mol. The second kappa shape index (κ2) is 7.01. The molecule has 1 N–H and O–H groups in total. The number of rotatable bonds is 6. The van der Waals surface area contributed by atoms with E-state index in [4.69, 9.17) is 14.3 Å². The highest BCUT2D eigenvalue weighted by molar-refractivity contribution is 5.57. The Morgan fingerprint density at radius 1 is 1.30 bits per heavy atom. The van der Waals surface area contributed by atoms with Gasteiger partial charge in [-0.15, -0.1) is 0 Å². The van der Waals surface area contributed by atoms with Crippen LogP contribution in [0.3, 0.4) is 0 Å². The molecule has 0 bridgehead atoms. The van der Waals surface area contributed by atoms with E-state index in [2.05, 4.69) is 4.98 Å². The monoisotopic (exact) mass is 330 g/mol. The number of hydrogen-bond donors (Lipinski definition) is 1. The van der Waals surface area contributed by atoms with Crippen molar-refractivity contribution in [3.63, 3.8) is 0 Å². The lowest BCUT2D eigenvalue weighted by molar-refractivity contribution is -0.207. The van der Waals surface area contributed by atoms with E-state index in [0.717, 1.165) is 5.56 Å². The van der Waals surface area contributed by atoms with Gasteiger partial charge in [0.25, 0.3) is 0 Å². The lowest BCUT2D eigenvalue weighted by atomic mass is 10.2. The van der Waals surface area contributed by atoms with Gasteiger partial charge in [0, 0.05) is 12.1 Å². The second-order valence-corrected chi connectivity index (χ2v) is 5.10. The molecule has 8 heteroatoms. The number of likely N-dealkylation sites (N-methyl/N-ethyl adjacent to an activating group) is 1. The summed E-state index contributed by atoms with van der Waals surface area (Å²) in [6.45, 7) is -0.493. The molecule has 0 spiro atoms. The van der Waals surface area contributed by atoms with Gasteiger partial charge in [-0.05, 0) is 31.3 Å². The molecule has 2 aromatic rings. The Kier molecular flexibility index (Phi) is 5.27. The third-order valence-electron chi connectivity index (χ3n) is 3.20. The highest BCUT2D eigenvalue weighted by atomic mass is 19.4. The fraction of sp³-hybridized carbons (Fsp3) is 0.400. The summed E-state index contributed by atoms with van der Waals surface area (Å²) < 4.78 is 47.5. The van der Waals surface area contributed by atoms with Crippen LogP contribution in [0.25, 0.3) is 11.3 Å². The molecule has 0 amide bonds. The molecule has 0 aliphatic heterocycles. The minimum Gasteiger partial charge on any atom is -0.497 e. The summed E-state index contributed by atoms with van der Waals surface area (Å²) in [6, 6.07) is 7.12. The lowest BCUT2D eigenvalue weighted by Gasteiger charge is -2.20. The van der Waals surface area contributed by atoms with Crippen LogP contribution in [0.4, 0.5) is 13.2 Å². The molecular weight excluding hydrogens is 313 g/mol. The largest absolute Gasteiger partial charge is 0.497 e. The Labute approximate surface area is 131 Å². The molecule has 1 aromatic heterocycles. The van der Waals surface area contributed by atoms with Crippen molar-refractivity contribution in [3.8, 4) is 17.1 Å². The molecule has 1 atom stereocenters. The zero-order valence-electron chi connectivity index (χ0n) is 12.7. The summed E-state index contributed by atoms with van der Waals surface area (Å²) in [5, 5.41) is 9.04. The third-order valence-corrected chi connectivity index (χ3v) is 3.20. The van der Waals surface area contributed by atoms with E-state index in [1.54, 1.807) is 31.4 Å². The van der Waals surface area contributed by atoms with E-state index in [0.29, 0.717) is 11.5 Å². The molecule has 0 aliphatic rings. The Bertz CT molecular complexity index is 626. The van der Waals surface area contributed by atoms with E-state index < -0.39 is 18.8 Å². The van der Waals surface area contributed by atoms with E-state index in [1.165, 1.54) is 18.1 Å². The normalized spacial score (nSPS) is 13.3. The summed E-state index contributed by atoms with van der Waals surface area (Å²) in [5.74, 6) is 1.48. The van der Waals surface area contributed by atoms with Crippen LogP contribution in [0.1, 0.15) is 5.89 Å². The maximum atomic E-state index is 12.3. The van der Waals surface area contributed by atoms with Crippen molar-refractivity contribution < 1.29 is 27.4 Å². The number of nitrogens with zero attached hydrogens (tertiary/aromatic N) is 2. The lowest BCUT2D eigenvalue weighted by Crippen LogP contribution is -2.39. The van der Waals surface area contributed by atoms with E-state index in [1.807, 2.05) is 0 Å². The summed E-state index contributed by atoms with van der Waals surface area (Å²) in [7, 11) is 3.01. The van der Waals surface area contributed by atoms with Crippen molar-refractivity contribution >= 4 is 0 Å². The Morgan fingerprint density at radius 2 is 1.96 bits per heavy atom. The Morgan fingerprint density at radius 3 is 2.52 bits per heavy atom. The van der Waals surface area contributed by atoms with Crippen LogP contribution < -0.4 is 4.74 Å². The number of aromatic nitrogens is 1. The maximum Gasteiger partial charge on any atom is 0.415 e. The van der Waals surface area contributed by atoms with Gasteiger partial charge in [-0.1, -0.05) is 0 Å². The highest BCUT2D eigenvalue weighted by Gasteiger charge is 2.38. The molecule has 126 valence electrons.